The van der Waals surface area contributed by atoms with Crippen molar-refractivity contribution in [2.45, 2.75) is 38.8 Å². The van der Waals surface area contributed by atoms with E-state index in [2.05, 4.69) is 5.32 Å². The predicted octanol–water partition coefficient (Wildman–Crippen LogP) is 3.72. The van der Waals surface area contributed by atoms with Gasteiger partial charge in [-0.1, -0.05) is 68.3 Å². The molecule has 0 radical (unpaired) electrons. The van der Waals surface area contributed by atoms with Crippen LogP contribution in [0.25, 0.3) is 16.9 Å². The Kier molecular flexibility index (Phi) is 7.43. The molecule has 0 fully saturated rings. The van der Waals surface area contributed by atoms with Gasteiger partial charge < -0.3 is 16.0 Å². The van der Waals surface area contributed by atoms with Crippen molar-refractivity contribution in [3.8, 4) is 16.9 Å². The lowest BCUT2D eigenvalue weighted by molar-refractivity contribution is -0.132. The lowest BCUT2D eigenvalue weighted by Gasteiger charge is -2.24. The topological polar surface area (TPSA) is 93.2 Å². The first-order valence-electron chi connectivity index (χ1n) is 10.5. The van der Waals surface area contributed by atoms with Crippen LogP contribution in [0, 0.1) is 0 Å². The fourth-order valence-corrected chi connectivity index (χ4v) is 3.51. The zero-order chi connectivity index (χ0) is 22.2. The third kappa shape index (κ3) is 5.72. The molecule has 0 aliphatic rings. The van der Waals surface area contributed by atoms with Crippen LogP contribution in [0.5, 0.6) is 0 Å². The van der Waals surface area contributed by atoms with Crippen LogP contribution >= 0.6 is 0 Å². The molecule has 1 unspecified atom stereocenters. The van der Waals surface area contributed by atoms with Crippen LogP contribution in [0.4, 0.5) is 4.79 Å². The highest BCUT2D eigenvalue weighted by Gasteiger charge is 2.24. The highest BCUT2D eigenvalue weighted by molar-refractivity contribution is 5.86. The second-order valence-corrected chi connectivity index (χ2v) is 7.55. The van der Waals surface area contributed by atoms with Crippen molar-refractivity contribution in [3.63, 3.8) is 0 Å². The number of urea groups is 1. The van der Waals surface area contributed by atoms with Crippen molar-refractivity contribution in [1.29, 1.82) is 0 Å². The molecule has 0 aliphatic heterocycles. The molecular formula is C24H29N5O2. The first-order chi connectivity index (χ1) is 15.0. The SMILES string of the molecule is CCCCC(NC(N)=O)C(=O)N(C)Cc1cn(-c2ccccc2)nc1-c1ccccc1. The third-order valence-corrected chi connectivity index (χ3v) is 5.10. The second kappa shape index (κ2) is 10.4. The summed E-state index contributed by atoms with van der Waals surface area (Å²) in [7, 11) is 1.73. The summed E-state index contributed by atoms with van der Waals surface area (Å²) in [5, 5.41) is 7.38. The lowest BCUT2D eigenvalue weighted by Crippen LogP contribution is -2.48. The van der Waals surface area contributed by atoms with E-state index in [0.29, 0.717) is 13.0 Å². The third-order valence-electron chi connectivity index (χ3n) is 5.10. The van der Waals surface area contributed by atoms with Gasteiger partial charge >= 0.3 is 6.03 Å². The van der Waals surface area contributed by atoms with Crippen molar-refractivity contribution in [3.05, 3.63) is 72.4 Å². The molecule has 3 N–H and O–H groups in total. The van der Waals surface area contributed by atoms with E-state index in [9.17, 15) is 9.59 Å². The number of hydrogen-bond acceptors (Lipinski definition) is 3. The maximum Gasteiger partial charge on any atom is 0.312 e. The molecular weight excluding hydrogens is 390 g/mol. The Hall–Kier alpha value is -3.61. The minimum atomic E-state index is -0.690. The second-order valence-electron chi connectivity index (χ2n) is 7.55. The summed E-state index contributed by atoms with van der Waals surface area (Å²) in [5.74, 6) is -0.168. The zero-order valence-corrected chi connectivity index (χ0v) is 18.0. The van der Waals surface area contributed by atoms with E-state index in [0.717, 1.165) is 35.3 Å². The van der Waals surface area contributed by atoms with Gasteiger partial charge in [-0.05, 0) is 18.6 Å². The first-order valence-corrected chi connectivity index (χ1v) is 10.5. The summed E-state index contributed by atoms with van der Waals surface area (Å²) in [4.78, 5) is 26.0. The largest absolute Gasteiger partial charge is 0.352 e. The van der Waals surface area contributed by atoms with Crippen molar-refractivity contribution >= 4 is 11.9 Å². The zero-order valence-electron chi connectivity index (χ0n) is 18.0. The van der Waals surface area contributed by atoms with Crippen molar-refractivity contribution < 1.29 is 9.59 Å². The summed E-state index contributed by atoms with van der Waals surface area (Å²) in [6.45, 7) is 2.40. The number of rotatable bonds is 9. The number of hydrogen-bond donors (Lipinski definition) is 2. The first kappa shape index (κ1) is 22.1. The van der Waals surface area contributed by atoms with Crippen LogP contribution in [0.1, 0.15) is 31.7 Å². The van der Waals surface area contributed by atoms with Gasteiger partial charge in [-0.2, -0.15) is 5.10 Å². The molecule has 1 atom stereocenters. The fourth-order valence-electron chi connectivity index (χ4n) is 3.51. The number of amides is 3. The Balaban J connectivity index is 1.89. The molecule has 0 bridgehead atoms. The van der Waals surface area contributed by atoms with Crippen molar-refractivity contribution in [2.24, 2.45) is 5.73 Å². The molecule has 1 heterocycles. The molecule has 2 aromatic carbocycles. The molecule has 0 saturated heterocycles. The fraction of sp³-hybridized carbons (Fsp3) is 0.292. The Morgan fingerprint density at radius 2 is 1.74 bits per heavy atom. The maximum atomic E-state index is 13.0. The number of nitrogens with two attached hydrogens (primary N) is 1. The number of likely N-dealkylation sites (N-methyl/N-ethyl adjacent to an activating group) is 1. The summed E-state index contributed by atoms with van der Waals surface area (Å²) >= 11 is 0. The quantitative estimate of drug-likeness (QED) is 0.553. The Labute approximate surface area is 182 Å². The average Bonchev–Trinajstić information content (AvgIpc) is 3.20. The smallest absolute Gasteiger partial charge is 0.312 e. The summed E-state index contributed by atoms with van der Waals surface area (Å²) in [6.07, 6.45) is 4.25. The number of para-hydroxylation sites is 1. The van der Waals surface area contributed by atoms with Gasteiger partial charge in [0.05, 0.1) is 11.4 Å². The average molecular weight is 420 g/mol. The molecule has 1 aromatic heterocycles. The van der Waals surface area contributed by atoms with Crippen LogP contribution in [0.3, 0.4) is 0 Å². The van der Waals surface area contributed by atoms with Crippen molar-refractivity contribution in [2.75, 3.05) is 7.05 Å². The van der Waals surface area contributed by atoms with E-state index < -0.39 is 12.1 Å². The van der Waals surface area contributed by atoms with E-state index in [1.165, 1.54) is 0 Å². The van der Waals surface area contributed by atoms with Crippen LogP contribution in [0.15, 0.2) is 66.9 Å². The van der Waals surface area contributed by atoms with Crippen molar-refractivity contribution in [1.82, 2.24) is 20.0 Å². The molecule has 3 amide bonds. The molecule has 3 aromatic rings. The number of nitrogens with zero attached hydrogens (tertiary/aromatic N) is 3. The van der Waals surface area contributed by atoms with E-state index >= 15 is 0 Å². The van der Waals surface area contributed by atoms with E-state index in [-0.39, 0.29) is 5.91 Å². The Morgan fingerprint density at radius 3 is 2.35 bits per heavy atom. The molecule has 3 rings (SSSR count). The summed E-state index contributed by atoms with van der Waals surface area (Å²) < 4.78 is 1.83. The highest BCUT2D eigenvalue weighted by atomic mass is 16.2. The van der Waals surface area contributed by atoms with Gasteiger partial charge in [0.25, 0.3) is 0 Å². The van der Waals surface area contributed by atoms with Gasteiger partial charge in [0, 0.05) is 30.9 Å². The maximum absolute atomic E-state index is 13.0. The Bertz CT molecular complexity index is 1000. The number of carbonyl (C=O) groups is 2. The number of benzene rings is 2. The van der Waals surface area contributed by atoms with Gasteiger partial charge in [0.2, 0.25) is 5.91 Å². The lowest BCUT2D eigenvalue weighted by atomic mass is 10.1. The summed E-state index contributed by atoms with van der Waals surface area (Å²) in [5.41, 5.74) is 8.94. The minimum Gasteiger partial charge on any atom is -0.352 e. The monoisotopic (exact) mass is 419 g/mol. The van der Waals surface area contributed by atoms with E-state index in [1.54, 1.807) is 11.9 Å². The van der Waals surface area contributed by atoms with Crippen LogP contribution < -0.4 is 11.1 Å². The molecule has 7 nitrogen and oxygen atoms in total. The van der Waals surface area contributed by atoms with Gasteiger partial charge in [-0.3, -0.25) is 4.79 Å². The molecule has 0 saturated carbocycles. The predicted molar refractivity (Wildman–Crippen MR) is 122 cm³/mol. The van der Waals surface area contributed by atoms with Gasteiger partial charge in [0.1, 0.15) is 6.04 Å². The van der Waals surface area contributed by atoms with Crippen LogP contribution in [-0.2, 0) is 11.3 Å². The van der Waals surface area contributed by atoms with Gasteiger partial charge in [0.15, 0.2) is 0 Å². The van der Waals surface area contributed by atoms with E-state index in [4.69, 9.17) is 10.8 Å². The highest BCUT2D eigenvalue weighted by Crippen LogP contribution is 2.25. The molecule has 31 heavy (non-hydrogen) atoms. The minimum absolute atomic E-state index is 0.168. The number of primary amides is 1. The molecule has 0 spiro atoms. The standard InChI is InChI=1S/C24H29N5O2/c1-3-4-15-21(26-24(25)31)23(30)28(2)16-19-17-29(20-13-9-6-10-14-20)27-22(19)18-11-7-5-8-12-18/h5-14,17,21H,3-4,15-16H2,1-2H3,(H3,25,26,31). The van der Waals surface area contributed by atoms with E-state index in [1.807, 2.05) is 78.5 Å². The Morgan fingerprint density at radius 1 is 1.10 bits per heavy atom. The summed E-state index contributed by atoms with van der Waals surface area (Å²) in [6, 6.07) is 18.4. The number of nitrogens with one attached hydrogen (secondary N) is 1. The number of carbonyl (C=O) groups excluding carboxylic acids is 2. The van der Waals surface area contributed by atoms with Gasteiger partial charge in [-0.25, -0.2) is 9.48 Å². The van der Waals surface area contributed by atoms with Crippen LogP contribution in [-0.4, -0.2) is 39.7 Å². The van der Waals surface area contributed by atoms with Crippen LogP contribution in [0.2, 0.25) is 0 Å². The van der Waals surface area contributed by atoms with Gasteiger partial charge in [-0.15, -0.1) is 0 Å². The number of aromatic nitrogens is 2. The number of unbranched alkanes of at least 4 members (excludes halogenated alkanes) is 1. The molecule has 162 valence electrons. The molecule has 7 heteroatoms. The normalized spacial score (nSPS) is 11.7. The molecule has 0 aliphatic carbocycles.